The fourth-order valence-electron chi connectivity index (χ4n) is 2.31. The van der Waals surface area contributed by atoms with Gasteiger partial charge in [0, 0.05) is 12.3 Å². The van der Waals surface area contributed by atoms with Crippen LogP contribution in [0, 0.1) is 5.92 Å². The van der Waals surface area contributed by atoms with Gasteiger partial charge in [-0.2, -0.15) is 0 Å². The molecule has 2 heteroatoms. The smallest absolute Gasteiger partial charge is 0.170 e. The monoisotopic (exact) mass is 170 g/mol. The third kappa shape index (κ3) is 1.38. The predicted octanol–water partition coefficient (Wildman–Crippen LogP) is 2.33. The van der Waals surface area contributed by atoms with Crippen LogP contribution in [0.3, 0.4) is 0 Å². The molecule has 0 amide bonds. The van der Waals surface area contributed by atoms with Crippen LogP contribution in [-0.2, 0) is 9.47 Å². The first-order valence-electron chi connectivity index (χ1n) is 5.11. The highest BCUT2D eigenvalue weighted by atomic mass is 16.7. The molecule has 0 radical (unpaired) electrons. The molecule has 0 N–H and O–H groups in total. The van der Waals surface area contributed by atoms with E-state index in [2.05, 4.69) is 6.92 Å². The third-order valence-electron chi connectivity index (χ3n) is 3.14. The molecular formula is C10H18O2. The minimum absolute atomic E-state index is 0.184. The van der Waals surface area contributed by atoms with Crippen LogP contribution >= 0.6 is 0 Å². The van der Waals surface area contributed by atoms with Gasteiger partial charge in [0.2, 0.25) is 0 Å². The van der Waals surface area contributed by atoms with Crippen LogP contribution in [0.4, 0.5) is 0 Å². The summed E-state index contributed by atoms with van der Waals surface area (Å²) in [6.07, 6.45) is 6.04. The molecule has 0 aromatic rings. The lowest BCUT2D eigenvalue weighted by Gasteiger charge is -2.44. The molecule has 1 saturated carbocycles. The Kier molecular flexibility index (Phi) is 2.37. The topological polar surface area (TPSA) is 18.5 Å². The number of hydrogen-bond donors (Lipinski definition) is 0. The average molecular weight is 170 g/mol. The molecule has 0 unspecified atom stereocenters. The standard InChI is InChI=1S/C10H18O2/c1-9-5-2-3-6-10(9)11-7-4-8-12-10/h9H,2-8H2,1H3/t9-/m0/s1. The van der Waals surface area contributed by atoms with Gasteiger partial charge in [0.15, 0.2) is 5.79 Å². The zero-order valence-electron chi connectivity index (χ0n) is 7.84. The van der Waals surface area contributed by atoms with Gasteiger partial charge in [-0.3, -0.25) is 0 Å². The van der Waals surface area contributed by atoms with Gasteiger partial charge >= 0.3 is 0 Å². The van der Waals surface area contributed by atoms with E-state index in [1.807, 2.05) is 0 Å². The van der Waals surface area contributed by atoms with Crippen molar-refractivity contribution in [2.45, 2.75) is 44.8 Å². The second kappa shape index (κ2) is 3.35. The maximum Gasteiger partial charge on any atom is 0.170 e. The molecule has 70 valence electrons. The van der Waals surface area contributed by atoms with Gasteiger partial charge in [0.1, 0.15) is 0 Å². The van der Waals surface area contributed by atoms with Crippen LogP contribution in [0.15, 0.2) is 0 Å². The van der Waals surface area contributed by atoms with Crippen molar-refractivity contribution < 1.29 is 9.47 Å². The Morgan fingerprint density at radius 2 is 1.83 bits per heavy atom. The highest BCUT2D eigenvalue weighted by Gasteiger charge is 2.41. The van der Waals surface area contributed by atoms with Gasteiger partial charge in [-0.15, -0.1) is 0 Å². The van der Waals surface area contributed by atoms with Gasteiger partial charge in [-0.1, -0.05) is 13.3 Å². The van der Waals surface area contributed by atoms with Crippen LogP contribution in [0.5, 0.6) is 0 Å². The summed E-state index contributed by atoms with van der Waals surface area (Å²) in [6.45, 7) is 4.04. The summed E-state index contributed by atoms with van der Waals surface area (Å²) < 4.78 is 11.6. The van der Waals surface area contributed by atoms with Crippen molar-refractivity contribution in [2.24, 2.45) is 5.92 Å². The van der Waals surface area contributed by atoms with Crippen molar-refractivity contribution >= 4 is 0 Å². The molecular weight excluding hydrogens is 152 g/mol. The lowest BCUT2D eigenvalue weighted by molar-refractivity contribution is -0.302. The molecule has 2 fully saturated rings. The molecule has 1 aliphatic heterocycles. The summed E-state index contributed by atoms with van der Waals surface area (Å²) in [5.74, 6) is 0.405. The molecule has 1 aliphatic carbocycles. The highest BCUT2D eigenvalue weighted by Crippen LogP contribution is 2.39. The Morgan fingerprint density at radius 1 is 1.08 bits per heavy atom. The normalized spacial score (nSPS) is 35.2. The summed E-state index contributed by atoms with van der Waals surface area (Å²) in [5.41, 5.74) is 0. The van der Waals surface area contributed by atoms with Gasteiger partial charge in [-0.05, 0) is 19.3 Å². The molecule has 2 rings (SSSR count). The summed E-state index contributed by atoms with van der Waals surface area (Å²) in [6, 6.07) is 0. The van der Waals surface area contributed by atoms with Gasteiger partial charge in [0.05, 0.1) is 13.2 Å². The van der Waals surface area contributed by atoms with Crippen LogP contribution < -0.4 is 0 Å². The Morgan fingerprint density at radius 3 is 2.50 bits per heavy atom. The molecule has 12 heavy (non-hydrogen) atoms. The van der Waals surface area contributed by atoms with Crippen molar-refractivity contribution in [1.82, 2.24) is 0 Å². The predicted molar refractivity (Wildman–Crippen MR) is 46.9 cm³/mol. The van der Waals surface area contributed by atoms with Gasteiger partial charge in [-0.25, -0.2) is 0 Å². The van der Waals surface area contributed by atoms with Crippen LogP contribution in [0.25, 0.3) is 0 Å². The largest absolute Gasteiger partial charge is 0.350 e. The van der Waals surface area contributed by atoms with E-state index in [9.17, 15) is 0 Å². The first kappa shape index (κ1) is 8.52. The Bertz CT molecular complexity index is 142. The highest BCUT2D eigenvalue weighted by molar-refractivity contribution is 4.83. The summed E-state index contributed by atoms with van der Waals surface area (Å²) in [4.78, 5) is 0. The number of ether oxygens (including phenoxy) is 2. The van der Waals surface area contributed by atoms with E-state index >= 15 is 0 Å². The van der Waals surface area contributed by atoms with Crippen molar-refractivity contribution in [3.8, 4) is 0 Å². The van der Waals surface area contributed by atoms with E-state index in [0.717, 1.165) is 26.1 Å². The molecule has 0 aromatic heterocycles. The molecule has 1 spiro atoms. The molecule has 0 aromatic carbocycles. The Labute approximate surface area is 74.2 Å². The Balaban J connectivity index is 2.04. The maximum atomic E-state index is 5.80. The van der Waals surface area contributed by atoms with Crippen molar-refractivity contribution in [3.05, 3.63) is 0 Å². The summed E-state index contributed by atoms with van der Waals surface area (Å²) in [7, 11) is 0. The quantitative estimate of drug-likeness (QED) is 0.555. The van der Waals surface area contributed by atoms with Crippen LogP contribution in [0.1, 0.15) is 39.0 Å². The zero-order chi connectivity index (χ0) is 8.44. The van der Waals surface area contributed by atoms with E-state index in [4.69, 9.17) is 9.47 Å². The molecule has 1 heterocycles. The maximum absolute atomic E-state index is 5.80. The molecule has 1 atom stereocenters. The number of hydrogen-bond acceptors (Lipinski definition) is 2. The van der Waals surface area contributed by atoms with Crippen molar-refractivity contribution in [3.63, 3.8) is 0 Å². The van der Waals surface area contributed by atoms with E-state index in [-0.39, 0.29) is 5.79 Å². The molecule has 0 bridgehead atoms. The zero-order valence-corrected chi connectivity index (χ0v) is 7.84. The second-order valence-corrected chi connectivity index (χ2v) is 4.01. The first-order valence-corrected chi connectivity index (χ1v) is 5.11. The minimum Gasteiger partial charge on any atom is -0.350 e. The van der Waals surface area contributed by atoms with Crippen LogP contribution in [0.2, 0.25) is 0 Å². The first-order chi connectivity index (χ1) is 5.83. The van der Waals surface area contributed by atoms with Crippen molar-refractivity contribution in [1.29, 1.82) is 0 Å². The lowest BCUT2D eigenvalue weighted by atomic mass is 9.84. The fourth-order valence-corrected chi connectivity index (χ4v) is 2.31. The number of rotatable bonds is 0. The van der Waals surface area contributed by atoms with E-state index < -0.39 is 0 Å². The minimum atomic E-state index is -0.184. The molecule has 2 aliphatic rings. The average Bonchev–Trinajstić information content (AvgIpc) is 2.12. The summed E-state index contributed by atoms with van der Waals surface area (Å²) in [5, 5.41) is 0. The lowest BCUT2D eigenvalue weighted by Crippen LogP contribution is -2.47. The third-order valence-corrected chi connectivity index (χ3v) is 3.14. The summed E-state index contributed by atoms with van der Waals surface area (Å²) >= 11 is 0. The van der Waals surface area contributed by atoms with E-state index in [0.29, 0.717) is 5.92 Å². The SMILES string of the molecule is C[C@H]1CCCCC12OCCCO2. The van der Waals surface area contributed by atoms with E-state index in [1.165, 1.54) is 19.3 Å². The van der Waals surface area contributed by atoms with Gasteiger partial charge in [0.25, 0.3) is 0 Å². The molecule has 1 saturated heterocycles. The fraction of sp³-hybridized carbons (Fsp3) is 1.00. The van der Waals surface area contributed by atoms with Crippen molar-refractivity contribution in [2.75, 3.05) is 13.2 Å². The molecule has 2 nitrogen and oxygen atoms in total. The van der Waals surface area contributed by atoms with Gasteiger partial charge < -0.3 is 9.47 Å². The van der Waals surface area contributed by atoms with E-state index in [1.54, 1.807) is 0 Å². The Hall–Kier alpha value is -0.0800. The van der Waals surface area contributed by atoms with Crippen LogP contribution in [-0.4, -0.2) is 19.0 Å². The second-order valence-electron chi connectivity index (χ2n) is 4.01.